The predicted molar refractivity (Wildman–Crippen MR) is 99.6 cm³/mol. The Bertz CT molecular complexity index is 910. The van der Waals surface area contributed by atoms with Gasteiger partial charge in [0, 0.05) is 12.6 Å². The maximum atomic E-state index is 12.8. The van der Waals surface area contributed by atoms with Gasteiger partial charge in [-0.25, -0.2) is 8.42 Å². The molecule has 2 aromatic carbocycles. The monoisotopic (exact) mass is 378 g/mol. The van der Waals surface area contributed by atoms with Gasteiger partial charge in [0.1, 0.15) is 11.5 Å². The summed E-state index contributed by atoms with van der Waals surface area (Å²) < 4.78 is 38.5. The molecule has 0 aromatic heterocycles. The zero-order valence-corrected chi connectivity index (χ0v) is 15.9. The van der Waals surface area contributed by atoms with Crippen molar-refractivity contribution in [3.8, 4) is 11.5 Å². The predicted octanol–water partition coefficient (Wildman–Crippen LogP) is 2.43. The molecule has 0 atom stereocenters. The molecule has 0 saturated carbocycles. The highest BCUT2D eigenvalue weighted by Gasteiger charge is 2.19. The minimum Gasteiger partial charge on any atom is -0.496 e. The van der Waals surface area contributed by atoms with E-state index in [0.29, 0.717) is 23.5 Å². The largest absolute Gasteiger partial charge is 0.496 e. The molecular formula is C18H22N2O5S. The molecule has 140 valence electrons. The van der Waals surface area contributed by atoms with Gasteiger partial charge in [-0.1, -0.05) is 6.92 Å². The molecule has 0 aliphatic carbocycles. The SMILES string of the molecule is CCc1cc(S(=O)(=O)Nc2cc(C(=O)NC)ccc2OC)ccc1OC. The van der Waals surface area contributed by atoms with Crippen LogP contribution in [0.15, 0.2) is 41.3 Å². The van der Waals surface area contributed by atoms with Crippen molar-refractivity contribution >= 4 is 21.6 Å². The van der Waals surface area contributed by atoms with Gasteiger partial charge in [-0.05, 0) is 48.4 Å². The van der Waals surface area contributed by atoms with Crippen molar-refractivity contribution in [2.75, 3.05) is 26.0 Å². The Balaban J connectivity index is 2.44. The fourth-order valence-electron chi connectivity index (χ4n) is 2.48. The third kappa shape index (κ3) is 4.08. The number of hydrogen-bond donors (Lipinski definition) is 2. The van der Waals surface area contributed by atoms with Crippen LogP contribution in [-0.2, 0) is 16.4 Å². The number of rotatable bonds is 7. The zero-order valence-electron chi connectivity index (χ0n) is 15.1. The highest BCUT2D eigenvalue weighted by molar-refractivity contribution is 7.92. The number of carbonyl (C=O) groups excluding carboxylic acids is 1. The molecule has 2 aromatic rings. The van der Waals surface area contributed by atoms with E-state index in [1.54, 1.807) is 18.2 Å². The first-order chi connectivity index (χ1) is 12.4. The van der Waals surface area contributed by atoms with Gasteiger partial charge in [0.2, 0.25) is 0 Å². The lowest BCUT2D eigenvalue weighted by Crippen LogP contribution is -2.19. The quantitative estimate of drug-likeness (QED) is 0.772. The minimum atomic E-state index is -3.87. The fraction of sp³-hybridized carbons (Fsp3) is 0.278. The average Bonchev–Trinajstić information content (AvgIpc) is 2.66. The molecular weight excluding hydrogens is 356 g/mol. The third-order valence-corrected chi connectivity index (χ3v) is 5.24. The molecule has 7 nitrogen and oxygen atoms in total. The molecule has 0 aliphatic heterocycles. The molecule has 0 aliphatic rings. The summed E-state index contributed by atoms with van der Waals surface area (Å²) in [6, 6.07) is 9.17. The molecule has 0 saturated heterocycles. The molecule has 0 heterocycles. The van der Waals surface area contributed by atoms with Gasteiger partial charge in [-0.15, -0.1) is 0 Å². The summed E-state index contributed by atoms with van der Waals surface area (Å²) in [6.07, 6.45) is 0.627. The lowest BCUT2D eigenvalue weighted by Gasteiger charge is -2.14. The highest BCUT2D eigenvalue weighted by Crippen LogP contribution is 2.29. The van der Waals surface area contributed by atoms with E-state index >= 15 is 0 Å². The van der Waals surface area contributed by atoms with Crippen LogP contribution in [0.1, 0.15) is 22.8 Å². The third-order valence-electron chi connectivity index (χ3n) is 3.88. The van der Waals surface area contributed by atoms with Crippen molar-refractivity contribution < 1.29 is 22.7 Å². The van der Waals surface area contributed by atoms with Crippen LogP contribution in [0.25, 0.3) is 0 Å². The molecule has 2 N–H and O–H groups in total. The summed E-state index contributed by atoms with van der Waals surface area (Å²) in [5, 5.41) is 2.50. The van der Waals surface area contributed by atoms with Crippen molar-refractivity contribution in [3.63, 3.8) is 0 Å². The van der Waals surface area contributed by atoms with Crippen molar-refractivity contribution in [1.29, 1.82) is 0 Å². The molecule has 0 bridgehead atoms. The average molecular weight is 378 g/mol. The Labute approximate surface area is 153 Å². The van der Waals surface area contributed by atoms with Gasteiger partial charge in [0.05, 0.1) is 24.8 Å². The van der Waals surface area contributed by atoms with E-state index in [1.807, 2.05) is 6.92 Å². The number of carbonyl (C=O) groups is 1. The first-order valence-corrected chi connectivity index (χ1v) is 9.44. The van der Waals surface area contributed by atoms with E-state index < -0.39 is 10.0 Å². The maximum Gasteiger partial charge on any atom is 0.262 e. The number of amides is 1. The van der Waals surface area contributed by atoms with Crippen molar-refractivity contribution in [2.45, 2.75) is 18.2 Å². The Morgan fingerprint density at radius 1 is 1.04 bits per heavy atom. The highest BCUT2D eigenvalue weighted by atomic mass is 32.2. The molecule has 2 rings (SSSR count). The van der Waals surface area contributed by atoms with Crippen LogP contribution in [0.4, 0.5) is 5.69 Å². The summed E-state index contributed by atoms with van der Waals surface area (Å²) in [4.78, 5) is 11.9. The van der Waals surface area contributed by atoms with E-state index in [0.717, 1.165) is 5.56 Å². The maximum absolute atomic E-state index is 12.8. The summed E-state index contributed by atoms with van der Waals surface area (Å²) in [5.41, 5.74) is 1.28. The first-order valence-electron chi connectivity index (χ1n) is 7.96. The van der Waals surface area contributed by atoms with Gasteiger partial charge in [0.15, 0.2) is 0 Å². The zero-order chi connectivity index (χ0) is 19.3. The van der Waals surface area contributed by atoms with E-state index in [9.17, 15) is 13.2 Å². The molecule has 0 radical (unpaired) electrons. The van der Waals surface area contributed by atoms with Crippen molar-refractivity contribution in [1.82, 2.24) is 5.32 Å². The Morgan fingerprint density at radius 3 is 2.27 bits per heavy atom. The fourth-order valence-corrected chi connectivity index (χ4v) is 3.59. The molecule has 26 heavy (non-hydrogen) atoms. The van der Waals surface area contributed by atoms with Crippen LogP contribution >= 0.6 is 0 Å². The number of benzene rings is 2. The van der Waals surface area contributed by atoms with E-state index in [1.165, 1.54) is 39.5 Å². The molecule has 0 unspecified atom stereocenters. The van der Waals surface area contributed by atoms with Crippen molar-refractivity contribution in [3.05, 3.63) is 47.5 Å². The van der Waals surface area contributed by atoms with Gasteiger partial charge in [-0.3, -0.25) is 9.52 Å². The normalized spacial score (nSPS) is 10.9. The number of ether oxygens (including phenoxy) is 2. The standard InChI is InChI=1S/C18H22N2O5S/c1-5-12-10-14(7-9-16(12)24-3)26(22,23)20-15-11-13(18(21)19-2)6-8-17(15)25-4/h6-11,20H,5H2,1-4H3,(H,19,21). The summed E-state index contributed by atoms with van der Waals surface area (Å²) >= 11 is 0. The Kier molecular flexibility index (Phi) is 6.10. The minimum absolute atomic E-state index is 0.0996. The number of methoxy groups -OCH3 is 2. The lowest BCUT2D eigenvalue weighted by molar-refractivity contribution is 0.0963. The number of anilines is 1. The molecule has 8 heteroatoms. The van der Waals surface area contributed by atoms with Crippen LogP contribution in [0, 0.1) is 0 Å². The topological polar surface area (TPSA) is 93.7 Å². The van der Waals surface area contributed by atoms with Crippen LogP contribution in [0.3, 0.4) is 0 Å². The number of sulfonamides is 1. The van der Waals surface area contributed by atoms with Crippen LogP contribution in [0.5, 0.6) is 11.5 Å². The van der Waals surface area contributed by atoms with Gasteiger partial charge >= 0.3 is 0 Å². The van der Waals surface area contributed by atoms with Gasteiger partial charge in [-0.2, -0.15) is 0 Å². The van der Waals surface area contributed by atoms with Crippen LogP contribution in [-0.4, -0.2) is 35.6 Å². The van der Waals surface area contributed by atoms with E-state index in [4.69, 9.17) is 9.47 Å². The van der Waals surface area contributed by atoms with Crippen LogP contribution in [0.2, 0.25) is 0 Å². The lowest BCUT2D eigenvalue weighted by atomic mass is 10.1. The summed E-state index contributed by atoms with van der Waals surface area (Å²) in [6.45, 7) is 1.91. The smallest absolute Gasteiger partial charge is 0.262 e. The number of nitrogens with one attached hydrogen (secondary N) is 2. The van der Waals surface area contributed by atoms with Gasteiger partial charge < -0.3 is 14.8 Å². The Morgan fingerprint density at radius 2 is 1.69 bits per heavy atom. The van der Waals surface area contributed by atoms with Crippen LogP contribution < -0.4 is 19.5 Å². The summed E-state index contributed by atoms with van der Waals surface area (Å²) in [7, 11) is 0.594. The van der Waals surface area contributed by atoms with E-state index in [-0.39, 0.29) is 16.5 Å². The molecule has 0 spiro atoms. The van der Waals surface area contributed by atoms with E-state index in [2.05, 4.69) is 10.0 Å². The Hall–Kier alpha value is -2.74. The second-order valence-corrected chi connectivity index (χ2v) is 7.11. The number of aryl methyl sites for hydroxylation is 1. The van der Waals surface area contributed by atoms with Gasteiger partial charge in [0.25, 0.3) is 15.9 Å². The molecule has 1 amide bonds. The first kappa shape index (κ1) is 19.6. The second-order valence-electron chi connectivity index (χ2n) is 5.43. The number of hydrogen-bond acceptors (Lipinski definition) is 5. The molecule has 0 fully saturated rings. The second kappa shape index (κ2) is 8.09. The summed E-state index contributed by atoms with van der Waals surface area (Å²) in [5.74, 6) is 0.613. The van der Waals surface area contributed by atoms with Crippen molar-refractivity contribution in [2.24, 2.45) is 0 Å².